The van der Waals surface area contributed by atoms with Crippen molar-refractivity contribution < 1.29 is 22.4 Å². The molecule has 0 radical (unpaired) electrons. The van der Waals surface area contributed by atoms with E-state index in [1.165, 1.54) is 4.90 Å². The molecule has 0 fully saturated rings. The van der Waals surface area contributed by atoms with Gasteiger partial charge in [-0.1, -0.05) is 68.0 Å². The molecule has 1 aromatic heterocycles. The van der Waals surface area contributed by atoms with Crippen LogP contribution < -0.4 is 5.32 Å². The highest BCUT2D eigenvalue weighted by molar-refractivity contribution is 6.30. The van der Waals surface area contributed by atoms with Crippen molar-refractivity contribution in [3.05, 3.63) is 88.4 Å². The van der Waals surface area contributed by atoms with Crippen LogP contribution in [-0.4, -0.2) is 17.5 Å². The van der Waals surface area contributed by atoms with Gasteiger partial charge in [0.25, 0.3) is 0 Å². The number of hydrogen-bond acceptors (Lipinski definition) is 2. The first-order valence-corrected chi connectivity index (χ1v) is 13.1. The molecule has 1 N–H and O–H groups in total. The van der Waals surface area contributed by atoms with Gasteiger partial charge in [-0.15, -0.1) is 0 Å². The van der Waals surface area contributed by atoms with E-state index in [0.717, 1.165) is 47.8 Å². The van der Waals surface area contributed by atoms with Gasteiger partial charge < -0.3 is 14.6 Å². The van der Waals surface area contributed by atoms with Gasteiger partial charge in [0.15, 0.2) is 11.6 Å². The SMILES string of the molecule is CCCCCCCN(Cc1oc2ccc(C)cc2c1-c1ccc(Cl)cc1)C(=O)Nc1c(F)cc(F)cc1F. The Labute approximate surface area is 225 Å². The fourth-order valence-electron chi connectivity index (χ4n) is 4.49. The van der Waals surface area contributed by atoms with E-state index in [4.69, 9.17) is 16.0 Å². The summed E-state index contributed by atoms with van der Waals surface area (Å²) in [6, 6.07) is 13.6. The second-order valence-corrected chi connectivity index (χ2v) is 9.85. The Morgan fingerprint density at radius 2 is 1.63 bits per heavy atom. The summed E-state index contributed by atoms with van der Waals surface area (Å²) in [5, 5.41) is 3.78. The normalized spacial score (nSPS) is 11.2. The number of amides is 2. The highest BCUT2D eigenvalue weighted by atomic mass is 35.5. The number of hydrogen-bond donors (Lipinski definition) is 1. The first-order chi connectivity index (χ1) is 18.3. The van der Waals surface area contributed by atoms with Crippen molar-refractivity contribution in [3.8, 4) is 11.1 Å². The number of urea groups is 1. The molecule has 0 atom stereocenters. The molecule has 0 aliphatic carbocycles. The number of benzene rings is 3. The molecule has 0 saturated heterocycles. The van der Waals surface area contributed by atoms with Crippen molar-refractivity contribution in [1.29, 1.82) is 0 Å². The van der Waals surface area contributed by atoms with E-state index in [0.29, 0.717) is 41.5 Å². The van der Waals surface area contributed by atoms with Crippen molar-refractivity contribution >= 4 is 34.3 Å². The van der Waals surface area contributed by atoms with E-state index in [-0.39, 0.29) is 6.54 Å². The number of furan rings is 1. The topological polar surface area (TPSA) is 45.5 Å². The van der Waals surface area contributed by atoms with Gasteiger partial charge in [0.1, 0.15) is 22.8 Å². The summed E-state index contributed by atoms with van der Waals surface area (Å²) < 4.78 is 48.2. The van der Waals surface area contributed by atoms with Gasteiger partial charge in [0.2, 0.25) is 0 Å². The van der Waals surface area contributed by atoms with Crippen LogP contribution in [0.25, 0.3) is 22.1 Å². The number of nitrogens with one attached hydrogen (secondary N) is 1. The third-order valence-electron chi connectivity index (χ3n) is 6.44. The number of anilines is 1. The highest BCUT2D eigenvalue weighted by Crippen LogP contribution is 2.37. The lowest BCUT2D eigenvalue weighted by molar-refractivity contribution is 0.203. The molecule has 8 heteroatoms. The van der Waals surface area contributed by atoms with Crippen LogP contribution in [0.2, 0.25) is 5.02 Å². The van der Waals surface area contributed by atoms with E-state index >= 15 is 0 Å². The Morgan fingerprint density at radius 1 is 0.947 bits per heavy atom. The van der Waals surface area contributed by atoms with E-state index in [1.54, 1.807) is 12.1 Å². The van der Waals surface area contributed by atoms with Crippen LogP contribution in [0.3, 0.4) is 0 Å². The maximum atomic E-state index is 14.3. The second kappa shape index (κ2) is 12.4. The molecule has 0 aliphatic heterocycles. The molecule has 0 bridgehead atoms. The molecule has 2 amide bonds. The van der Waals surface area contributed by atoms with Crippen LogP contribution in [0, 0.1) is 24.4 Å². The summed E-state index contributed by atoms with van der Waals surface area (Å²) in [5.74, 6) is -2.88. The van der Waals surface area contributed by atoms with Crippen molar-refractivity contribution in [2.75, 3.05) is 11.9 Å². The standard InChI is InChI=1S/C30H30ClF3N2O2/c1-3-4-5-6-7-14-36(30(37)35-29-24(33)16-22(32)17-25(29)34)18-27-28(20-9-11-21(31)12-10-20)23-15-19(2)8-13-26(23)38-27/h8-13,15-17H,3-7,14,18H2,1-2H3,(H,35,37). The number of rotatable bonds is 10. The molecular weight excluding hydrogens is 513 g/mol. The summed E-state index contributed by atoms with van der Waals surface area (Å²) in [6.07, 6.45) is 4.79. The molecular formula is C30H30ClF3N2O2. The molecule has 4 aromatic rings. The average Bonchev–Trinajstić information content (AvgIpc) is 3.22. The van der Waals surface area contributed by atoms with Crippen LogP contribution in [0.5, 0.6) is 0 Å². The summed E-state index contributed by atoms with van der Waals surface area (Å²) in [5.41, 5.74) is 2.71. The lowest BCUT2D eigenvalue weighted by Crippen LogP contribution is -2.36. The number of carbonyl (C=O) groups is 1. The average molecular weight is 543 g/mol. The van der Waals surface area contributed by atoms with Crippen LogP contribution >= 0.6 is 11.6 Å². The number of fused-ring (bicyclic) bond motifs is 1. The van der Waals surface area contributed by atoms with Crippen LogP contribution in [0.1, 0.15) is 50.4 Å². The van der Waals surface area contributed by atoms with Gasteiger partial charge in [-0.3, -0.25) is 0 Å². The Balaban J connectivity index is 1.69. The molecule has 3 aromatic carbocycles. The van der Waals surface area contributed by atoms with E-state index in [9.17, 15) is 18.0 Å². The van der Waals surface area contributed by atoms with E-state index < -0.39 is 29.2 Å². The highest BCUT2D eigenvalue weighted by Gasteiger charge is 2.24. The fourth-order valence-corrected chi connectivity index (χ4v) is 4.61. The van der Waals surface area contributed by atoms with Crippen molar-refractivity contribution in [3.63, 3.8) is 0 Å². The Hall–Kier alpha value is -3.45. The van der Waals surface area contributed by atoms with Crippen LogP contribution in [0.4, 0.5) is 23.7 Å². The number of nitrogens with zero attached hydrogens (tertiary/aromatic N) is 1. The molecule has 1 heterocycles. The van der Waals surface area contributed by atoms with Gasteiger partial charge in [0, 0.05) is 34.6 Å². The lowest BCUT2D eigenvalue weighted by Gasteiger charge is -2.23. The van der Waals surface area contributed by atoms with Crippen molar-refractivity contribution in [2.24, 2.45) is 0 Å². The summed E-state index contributed by atoms with van der Waals surface area (Å²) >= 11 is 6.12. The predicted molar refractivity (Wildman–Crippen MR) is 146 cm³/mol. The smallest absolute Gasteiger partial charge is 0.322 e. The first-order valence-electron chi connectivity index (χ1n) is 12.7. The maximum Gasteiger partial charge on any atom is 0.322 e. The summed E-state index contributed by atoms with van der Waals surface area (Å²) in [4.78, 5) is 14.8. The molecule has 4 rings (SSSR count). The third-order valence-corrected chi connectivity index (χ3v) is 6.69. The van der Waals surface area contributed by atoms with Gasteiger partial charge >= 0.3 is 6.03 Å². The van der Waals surface area contributed by atoms with Crippen molar-refractivity contribution in [1.82, 2.24) is 4.90 Å². The summed E-state index contributed by atoms with van der Waals surface area (Å²) in [7, 11) is 0. The van der Waals surface area contributed by atoms with Gasteiger partial charge in [-0.05, 0) is 43.2 Å². The molecule has 0 aliphatic rings. The minimum Gasteiger partial charge on any atom is -0.459 e. The molecule has 200 valence electrons. The van der Waals surface area contributed by atoms with Gasteiger partial charge in [-0.2, -0.15) is 0 Å². The van der Waals surface area contributed by atoms with Crippen LogP contribution in [0.15, 0.2) is 59.0 Å². The zero-order valence-corrected chi connectivity index (χ0v) is 22.2. The second-order valence-electron chi connectivity index (χ2n) is 9.42. The largest absolute Gasteiger partial charge is 0.459 e. The molecule has 38 heavy (non-hydrogen) atoms. The van der Waals surface area contributed by atoms with Crippen LogP contribution in [-0.2, 0) is 6.54 Å². The number of unbranched alkanes of at least 4 members (excludes halogenated alkanes) is 4. The minimum atomic E-state index is -1.18. The lowest BCUT2D eigenvalue weighted by atomic mass is 10.0. The Bertz CT molecular complexity index is 1400. The van der Waals surface area contributed by atoms with Gasteiger partial charge in [-0.25, -0.2) is 18.0 Å². The zero-order chi connectivity index (χ0) is 27.2. The summed E-state index contributed by atoms with van der Waals surface area (Å²) in [6.45, 7) is 4.51. The van der Waals surface area contributed by atoms with Crippen molar-refractivity contribution in [2.45, 2.75) is 52.5 Å². The third kappa shape index (κ3) is 6.51. The maximum absolute atomic E-state index is 14.3. The number of aryl methyl sites for hydroxylation is 1. The van der Waals surface area contributed by atoms with E-state index in [1.807, 2.05) is 37.3 Å². The quantitative estimate of drug-likeness (QED) is 0.203. The molecule has 4 nitrogen and oxygen atoms in total. The molecule has 0 saturated carbocycles. The Kier molecular flexibility index (Phi) is 9.00. The fraction of sp³-hybridized carbons (Fsp3) is 0.300. The Morgan fingerprint density at radius 3 is 2.32 bits per heavy atom. The van der Waals surface area contributed by atoms with E-state index in [2.05, 4.69) is 12.2 Å². The predicted octanol–water partition coefficient (Wildman–Crippen LogP) is 9.48. The molecule has 0 unspecified atom stereocenters. The minimum absolute atomic E-state index is 0.0652. The number of carbonyl (C=O) groups excluding carboxylic acids is 1. The van der Waals surface area contributed by atoms with Gasteiger partial charge in [0.05, 0.1) is 6.54 Å². The number of halogens is 4. The first kappa shape index (κ1) is 27.6. The monoisotopic (exact) mass is 542 g/mol. The zero-order valence-electron chi connectivity index (χ0n) is 21.4. The molecule has 0 spiro atoms.